The summed E-state index contributed by atoms with van der Waals surface area (Å²) in [5.74, 6) is 0.766. The first-order chi connectivity index (χ1) is 12.6. The molecule has 3 aromatic rings. The van der Waals surface area contributed by atoms with E-state index < -0.39 is 11.7 Å². The Labute approximate surface area is 155 Å². The van der Waals surface area contributed by atoms with E-state index >= 15 is 0 Å². The minimum absolute atomic E-state index is 0.0279. The number of benzene rings is 1. The van der Waals surface area contributed by atoms with Crippen molar-refractivity contribution in [1.82, 2.24) is 15.0 Å². The molecule has 0 spiro atoms. The SMILES string of the molecule is CC(C)(C)c1ncc2c(n1)CN(c1ccnc3c(C(F)(F)F)cccc13)C2. The number of hydrogen-bond acceptors (Lipinski definition) is 4. The van der Waals surface area contributed by atoms with E-state index in [-0.39, 0.29) is 10.9 Å². The lowest BCUT2D eigenvalue weighted by atomic mass is 9.95. The van der Waals surface area contributed by atoms with Crippen LogP contribution in [0.4, 0.5) is 18.9 Å². The zero-order chi connectivity index (χ0) is 19.4. The summed E-state index contributed by atoms with van der Waals surface area (Å²) >= 11 is 0. The number of rotatable bonds is 1. The Morgan fingerprint density at radius 1 is 1.00 bits per heavy atom. The molecule has 0 radical (unpaired) electrons. The Bertz CT molecular complexity index is 1020. The molecule has 0 fully saturated rings. The van der Waals surface area contributed by atoms with Crippen molar-refractivity contribution >= 4 is 16.6 Å². The van der Waals surface area contributed by atoms with Gasteiger partial charge in [0.25, 0.3) is 0 Å². The molecular weight excluding hydrogens is 353 g/mol. The largest absolute Gasteiger partial charge is 0.418 e. The first-order valence-electron chi connectivity index (χ1n) is 8.70. The Hall–Kier alpha value is -2.70. The van der Waals surface area contributed by atoms with Gasteiger partial charge in [0.1, 0.15) is 5.82 Å². The molecule has 4 nitrogen and oxygen atoms in total. The Morgan fingerprint density at radius 2 is 1.78 bits per heavy atom. The van der Waals surface area contributed by atoms with Crippen LogP contribution in [0, 0.1) is 0 Å². The summed E-state index contributed by atoms with van der Waals surface area (Å²) in [5.41, 5.74) is 1.74. The number of anilines is 1. The maximum absolute atomic E-state index is 13.3. The zero-order valence-corrected chi connectivity index (χ0v) is 15.3. The molecular formula is C20H19F3N4. The summed E-state index contributed by atoms with van der Waals surface area (Å²) < 4.78 is 40.0. The second-order valence-corrected chi connectivity index (χ2v) is 7.80. The number of hydrogen-bond donors (Lipinski definition) is 0. The second-order valence-electron chi connectivity index (χ2n) is 7.80. The lowest BCUT2D eigenvalue weighted by molar-refractivity contribution is -0.136. The molecule has 1 aliphatic heterocycles. The van der Waals surface area contributed by atoms with Crippen molar-refractivity contribution in [2.45, 2.75) is 45.5 Å². The standard InChI is InChI=1S/C20H19F3N4/c1-19(2,3)18-25-9-12-10-27(11-15(12)26-18)16-7-8-24-17-13(16)5-4-6-14(17)20(21,22)23/h4-9H,10-11H2,1-3H3. The quantitative estimate of drug-likeness (QED) is 0.612. The van der Waals surface area contributed by atoms with Crippen molar-refractivity contribution < 1.29 is 13.2 Å². The number of para-hydroxylation sites is 1. The van der Waals surface area contributed by atoms with Gasteiger partial charge in [-0.15, -0.1) is 0 Å². The van der Waals surface area contributed by atoms with Gasteiger partial charge < -0.3 is 4.90 Å². The van der Waals surface area contributed by atoms with Crippen LogP contribution in [0.3, 0.4) is 0 Å². The summed E-state index contributed by atoms with van der Waals surface area (Å²) in [7, 11) is 0. The van der Waals surface area contributed by atoms with Gasteiger partial charge in [0.15, 0.2) is 0 Å². The van der Waals surface area contributed by atoms with Crippen LogP contribution in [0.2, 0.25) is 0 Å². The first kappa shape index (κ1) is 17.7. The summed E-state index contributed by atoms with van der Waals surface area (Å²) in [6, 6.07) is 5.94. The molecule has 0 N–H and O–H groups in total. The monoisotopic (exact) mass is 372 g/mol. The molecule has 1 aliphatic rings. The van der Waals surface area contributed by atoms with E-state index in [1.54, 1.807) is 12.1 Å². The van der Waals surface area contributed by atoms with E-state index in [0.717, 1.165) is 28.8 Å². The van der Waals surface area contributed by atoms with Crippen LogP contribution in [-0.2, 0) is 24.7 Å². The van der Waals surface area contributed by atoms with Crippen molar-refractivity contribution in [2.75, 3.05) is 4.90 Å². The van der Waals surface area contributed by atoms with Crippen molar-refractivity contribution in [3.05, 3.63) is 59.3 Å². The minimum Gasteiger partial charge on any atom is -0.361 e. The van der Waals surface area contributed by atoms with E-state index in [4.69, 9.17) is 0 Å². The van der Waals surface area contributed by atoms with E-state index in [2.05, 4.69) is 35.7 Å². The van der Waals surface area contributed by atoms with Gasteiger partial charge in [0, 0.05) is 41.0 Å². The summed E-state index contributed by atoms with van der Waals surface area (Å²) in [6.45, 7) is 7.26. The number of aromatic nitrogens is 3. The third-order valence-electron chi connectivity index (χ3n) is 4.72. The molecule has 0 aliphatic carbocycles. The Balaban J connectivity index is 1.76. The number of alkyl halides is 3. The molecule has 7 heteroatoms. The molecule has 0 amide bonds. The fourth-order valence-electron chi connectivity index (χ4n) is 3.35. The van der Waals surface area contributed by atoms with E-state index in [1.807, 2.05) is 11.1 Å². The summed E-state index contributed by atoms with van der Waals surface area (Å²) in [4.78, 5) is 15.2. The highest BCUT2D eigenvalue weighted by Gasteiger charge is 2.34. The average Bonchev–Trinajstić information content (AvgIpc) is 3.02. The lowest BCUT2D eigenvalue weighted by Gasteiger charge is -2.20. The van der Waals surface area contributed by atoms with Crippen LogP contribution in [0.15, 0.2) is 36.7 Å². The van der Waals surface area contributed by atoms with Gasteiger partial charge in [-0.2, -0.15) is 13.2 Å². The van der Waals surface area contributed by atoms with Crippen LogP contribution < -0.4 is 4.90 Å². The van der Waals surface area contributed by atoms with Gasteiger partial charge in [-0.05, 0) is 12.1 Å². The number of pyridine rings is 1. The first-order valence-corrected chi connectivity index (χ1v) is 8.70. The molecule has 4 rings (SSSR count). The third kappa shape index (κ3) is 3.11. The van der Waals surface area contributed by atoms with Crippen molar-refractivity contribution in [3.8, 4) is 0 Å². The molecule has 3 heterocycles. The zero-order valence-electron chi connectivity index (χ0n) is 15.3. The van der Waals surface area contributed by atoms with Gasteiger partial charge in [-0.3, -0.25) is 4.98 Å². The molecule has 1 aromatic carbocycles. The molecule has 0 unspecified atom stereocenters. The van der Waals surface area contributed by atoms with Gasteiger partial charge in [0.05, 0.1) is 23.3 Å². The van der Waals surface area contributed by atoms with Gasteiger partial charge >= 0.3 is 6.18 Å². The molecule has 2 aromatic heterocycles. The number of nitrogens with zero attached hydrogens (tertiary/aromatic N) is 4. The van der Waals surface area contributed by atoms with Gasteiger partial charge in [-0.1, -0.05) is 32.9 Å². The second kappa shape index (κ2) is 5.90. The van der Waals surface area contributed by atoms with Crippen molar-refractivity contribution in [3.63, 3.8) is 0 Å². The highest BCUT2D eigenvalue weighted by molar-refractivity contribution is 5.94. The smallest absolute Gasteiger partial charge is 0.361 e. The molecule has 0 atom stereocenters. The van der Waals surface area contributed by atoms with E-state index in [1.165, 1.54) is 12.3 Å². The molecule has 0 saturated carbocycles. The highest BCUT2D eigenvalue weighted by Crippen LogP contribution is 2.38. The molecule has 0 bridgehead atoms. The molecule has 140 valence electrons. The fraction of sp³-hybridized carbons (Fsp3) is 0.350. The van der Waals surface area contributed by atoms with Crippen molar-refractivity contribution in [1.29, 1.82) is 0 Å². The Morgan fingerprint density at radius 3 is 2.48 bits per heavy atom. The van der Waals surface area contributed by atoms with Gasteiger partial charge in [0.2, 0.25) is 0 Å². The van der Waals surface area contributed by atoms with Crippen LogP contribution >= 0.6 is 0 Å². The average molecular weight is 372 g/mol. The normalized spacial score (nSPS) is 14.7. The van der Waals surface area contributed by atoms with Crippen LogP contribution in [0.1, 0.15) is 43.4 Å². The number of halogens is 3. The summed E-state index contributed by atoms with van der Waals surface area (Å²) in [6.07, 6.45) is -1.18. The fourth-order valence-corrected chi connectivity index (χ4v) is 3.35. The summed E-state index contributed by atoms with van der Waals surface area (Å²) in [5, 5.41) is 0.490. The van der Waals surface area contributed by atoms with E-state index in [9.17, 15) is 13.2 Å². The number of fused-ring (bicyclic) bond motifs is 2. The predicted molar refractivity (Wildman–Crippen MR) is 97.4 cm³/mol. The van der Waals surface area contributed by atoms with Crippen LogP contribution in [0.25, 0.3) is 10.9 Å². The van der Waals surface area contributed by atoms with Crippen LogP contribution in [0.5, 0.6) is 0 Å². The Kier molecular flexibility index (Phi) is 3.87. The minimum atomic E-state index is -4.44. The maximum atomic E-state index is 13.3. The highest BCUT2D eigenvalue weighted by atomic mass is 19.4. The lowest BCUT2D eigenvalue weighted by Crippen LogP contribution is -2.17. The van der Waals surface area contributed by atoms with Gasteiger partial charge in [-0.25, -0.2) is 9.97 Å². The van der Waals surface area contributed by atoms with E-state index in [0.29, 0.717) is 18.5 Å². The molecule has 0 saturated heterocycles. The maximum Gasteiger partial charge on any atom is 0.418 e. The topological polar surface area (TPSA) is 41.9 Å². The third-order valence-corrected chi connectivity index (χ3v) is 4.72. The van der Waals surface area contributed by atoms with Crippen LogP contribution in [-0.4, -0.2) is 15.0 Å². The predicted octanol–water partition coefficient (Wildman–Crippen LogP) is 4.86. The molecule has 27 heavy (non-hydrogen) atoms. The van der Waals surface area contributed by atoms with Crippen molar-refractivity contribution in [2.24, 2.45) is 0 Å².